The third-order valence-corrected chi connectivity index (χ3v) is 6.97. The summed E-state index contributed by atoms with van der Waals surface area (Å²) in [5, 5.41) is 10.8. The number of carboxylic acid groups (broad SMARTS) is 1. The fourth-order valence-corrected chi connectivity index (χ4v) is 5.50. The zero-order valence-corrected chi connectivity index (χ0v) is 20.7. The molecule has 176 valence electrons. The van der Waals surface area contributed by atoms with Gasteiger partial charge in [-0.25, -0.2) is 0 Å². The van der Waals surface area contributed by atoms with Crippen LogP contribution in [0.15, 0.2) is 48.5 Å². The number of halogens is 2. The van der Waals surface area contributed by atoms with Crippen LogP contribution >= 0.6 is 23.2 Å². The van der Waals surface area contributed by atoms with Gasteiger partial charge in [-0.05, 0) is 54.7 Å². The lowest BCUT2D eigenvalue weighted by atomic mass is 9.66. The number of rotatable bonds is 7. The van der Waals surface area contributed by atoms with Crippen LogP contribution in [0, 0.1) is 11.3 Å². The predicted octanol–water partition coefficient (Wildman–Crippen LogP) is 6.15. The first-order valence-corrected chi connectivity index (χ1v) is 11.8. The molecular weight excluding hydrogens is 461 g/mol. The molecule has 3 rings (SSSR count). The third kappa shape index (κ3) is 5.25. The minimum Gasteiger partial charge on any atom is -0.481 e. The van der Waals surface area contributed by atoms with Crippen molar-refractivity contribution in [2.45, 2.75) is 58.5 Å². The quantitative estimate of drug-likeness (QED) is 0.506. The Morgan fingerprint density at radius 1 is 1.09 bits per heavy atom. The number of likely N-dealkylation sites (tertiary alicyclic amines) is 1. The number of aliphatic carboxylic acids is 1. The topological polar surface area (TPSA) is 74.7 Å². The van der Waals surface area contributed by atoms with E-state index in [4.69, 9.17) is 23.2 Å². The number of piperidine rings is 1. The van der Waals surface area contributed by atoms with Crippen LogP contribution in [0.4, 0.5) is 0 Å². The summed E-state index contributed by atoms with van der Waals surface area (Å²) < 4.78 is 0. The van der Waals surface area contributed by atoms with Gasteiger partial charge < -0.3 is 10.0 Å². The van der Waals surface area contributed by atoms with Gasteiger partial charge in [-0.15, -0.1) is 0 Å². The molecule has 1 aliphatic heterocycles. The maximum absolute atomic E-state index is 14.0. The van der Waals surface area contributed by atoms with Crippen LogP contribution < -0.4 is 0 Å². The molecule has 1 fully saturated rings. The Labute approximate surface area is 204 Å². The summed E-state index contributed by atoms with van der Waals surface area (Å²) >= 11 is 12.5. The highest BCUT2D eigenvalue weighted by Crippen LogP contribution is 2.52. The molecule has 2 aromatic rings. The SMILES string of the molecule is CC(=O)[C@H](C(C)C)N1C(=O)[C@@](C)(CC(=O)O)C[C@H](c2cccc(Cl)c2)[C@H]1c1ccc(Cl)cc1. The van der Waals surface area contributed by atoms with Gasteiger partial charge in [0.1, 0.15) is 0 Å². The largest absolute Gasteiger partial charge is 0.481 e. The Morgan fingerprint density at radius 2 is 1.73 bits per heavy atom. The molecule has 1 heterocycles. The maximum Gasteiger partial charge on any atom is 0.304 e. The second-order valence-electron chi connectivity index (χ2n) is 9.51. The summed E-state index contributed by atoms with van der Waals surface area (Å²) in [5.41, 5.74) is 0.550. The van der Waals surface area contributed by atoms with Crippen molar-refractivity contribution in [3.63, 3.8) is 0 Å². The molecule has 1 aliphatic rings. The van der Waals surface area contributed by atoms with E-state index in [1.807, 2.05) is 44.2 Å². The molecule has 7 heteroatoms. The van der Waals surface area contributed by atoms with E-state index in [1.54, 1.807) is 30.0 Å². The monoisotopic (exact) mass is 489 g/mol. The Bertz CT molecular complexity index is 1050. The van der Waals surface area contributed by atoms with Crippen molar-refractivity contribution in [3.8, 4) is 0 Å². The molecule has 0 bridgehead atoms. The van der Waals surface area contributed by atoms with Crippen molar-refractivity contribution < 1.29 is 19.5 Å². The highest BCUT2D eigenvalue weighted by Gasteiger charge is 2.53. The number of Topliss-reactive ketones (excluding diaryl/α,β-unsaturated/α-hetero) is 1. The fourth-order valence-electron chi connectivity index (χ4n) is 5.17. The molecule has 1 saturated heterocycles. The molecule has 0 unspecified atom stereocenters. The number of hydrogen-bond acceptors (Lipinski definition) is 3. The minimum atomic E-state index is -1.18. The standard InChI is InChI=1S/C26H29Cl2NO4/c1-15(2)23(16(3)30)29-24(17-8-10-19(27)11-9-17)21(18-6-5-7-20(28)12-18)13-26(4,25(29)33)14-22(31)32/h5-12,15,21,23-24H,13-14H2,1-4H3,(H,31,32)/t21-,23+,24-,26-/m1/s1. The van der Waals surface area contributed by atoms with E-state index < -0.39 is 23.5 Å². The second kappa shape index (κ2) is 9.86. The first kappa shape index (κ1) is 25.3. The second-order valence-corrected chi connectivity index (χ2v) is 10.4. The number of amides is 1. The smallest absolute Gasteiger partial charge is 0.304 e. The highest BCUT2D eigenvalue weighted by atomic mass is 35.5. The van der Waals surface area contributed by atoms with Crippen molar-refractivity contribution in [2.75, 3.05) is 0 Å². The van der Waals surface area contributed by atoms with E-state index in [0.29, 0.717) is 16.5 Å². The Kier molecular flexibility index (Phi) is 7.55. The molecule has 0 aromatic heterocycles. The molecule has 0 saturated carbocycles. The summed E-state index contributed by atoms with van der Waals surface area (Å²) in [7, 11) is 0. The number of carbonyl (C=O) groups excluding carboxylic acids is 2. The van der Waals surface area contributed by atoms with Crippen LogP contribution in [0.3, 0.4) is 0 Å². The number of ketones is 1. The van der Waals surface area contributed by atoms with E-state index in [-0.39, 0.29) is 29.9 Å². The van der Waals surface area contributed by atoms with Gasteiger partial charge in [-0.1, -0.05) is 68.2 Å². The molecule has 0 radical (unpaired) electrons. The summed E-state index contributed by atoms with van der Waals surface area (Å²) in [4.78, 5) is 40.2. The predicted molar refractivity (Wildman–Crippen MR) is 130 cm³/mol. The van der Waals surface area contributed by atoms with Crippen LogP contribution in [0.25, 0.3) is 0 Å². The number of carboxylic acids is 1. The van der Waals surface area contributed by atoms with Crippen molar-refractivity contribution >= 4 is 40.9 Å². The first-order chi connectivity index (χ1) is 15.4. The van der Waals surface area contributed by atoms with Crippen LogP contribution in [0.2, 0.25) is 10.0 Å². The van der Waals surface area contributed by atoms with Gasteiger partial charge in [0.15, 0.2) is 5.78 Å². The van der Waals surface area contributed by atoms with E-state index in [2.05, 4.69) is 0 Å². The number of nitrogens with zero attached hydrogens (tertiary/aromatic N) is 1. The Balaban J connectivity index is 2.29. The molecular formula is C26H29Cl2NO4. The van der Waals surface area contributed by atoms with E-state index >= 15 is 0 Å². The Hall–Kier alpha value is -2.37. The van der Waals surface area contributed by atoms with Gasteiger partial charge in [-0.3, -0.25) is 14.4 Å². The van der Waals surface area contributed by atoms with Crippen molar-refractivity contribution in [2.24, 2.45) is 11.3 Å². The lowest BCUT2D eigenvalue weighted by Gasteiger charge is -2.52. The van der Waals surface area contributed by atoms with Crippen molar-refractivity contribution in [1.82, 2.24) is 4.90 Å². The first-order valence-electron chi connectivity index (χ1n) is 11.0. The maximum atomic E-state index is 14.0. The lowest BCUT2D eigenvalue weighted by molar-refractivity contribution is -0.163. The van der Waals surface area contributed by atoms with E-state index in [1.165, 1.54) is 6.92 Å². The zero-order chi connectivity index (χ0) is 24.5. The molecule has 33 heavy (non-hydrogen) atoms. The number of carbonyl (C=O) groups is 3. The fraction of sp³-hybridized carbons (Fsp3) is 0.423. The highest BCUT2D eigenvalue weighted by molar-refractivity contribution is 6.30. The molecule has 4 atom stereocenters. The van der Waals surface area contributed by atoms with Crippen LogP contribution in [-0.2, 0) is 14.4 Å². The summed E-state index contributed by atoms with van der Waals surface area (Å²) in [6, 6.07) is 13.5. The summed E-state index contributed by atoms with van der Waals surface area (Å²) in [6.45, 7) is 6.96. The van der Waals surface area contributed by atoms with Gasteiger partial charge in [0.25, 0.3) is 0 Å². The molecule has 1 amide bonds. The van der Waals surface area contributed by atoms with Crippen LogP contribution in [0.5, 0.6) is 0 Å². The van der Waals surface area contributed by atoms with Gasteiger partial charge in [0.2, 0.25) is 5.91 Å². The summed E-state index contributed by atoms with van der Waals surface area (Å²) in [5.74, 6) is -1.94. The number of hydrogen-bond donors (Lipinski definition) is 1. The third-order valence-electron chi connectivity index (χ3n) is 6.48. The van der Waals surface area contributed by atoms with Gasteiger partial charge in [0, 0.05) is 16.0 Å². The molecule has 1 N–H and O–H groups in total. The lowest BCUT2D eigenvalue weighted by Crippen LogP contribution is -2.59. The molecule has 2 aromatic carbocycles. The summed E-state index contributed by atoms with van der Waals surface area (Å²) in [6.07, 6.45) is -0.0134. The van der Waals surface area contributed by atoms with Crippen LogP contribution in [0.1, 0.15) is 63.6 Å². The molecule has 0 aliphatic carbocycles. The minimum absolute atomic E-state index is 0.137. The van der Waals surface area contributed by atoms with Gasteiger partial charge in [-0.2, -0.15) is 0 Å². The Morgan fingerprint density at radius 3 is 2.24 bits per heavy atom. The average Bonchev–Trinajstić information content (AvgIpc) is 2.71. The van der Waals surface area contributed by atoms with Gasteiger partial charge >= 0.3 is 5.97 Å². The van der Waals surface area contributed by atoms with Gasteiger partial charge in [0.05, 0.1) is 23.9 Å². The van der Waals surface area contributed by atoms with E-state index in [0.717, 1.165) is 11.1 Å². The van der Waals surface area contributed by atoms with Crippen LogP contribution in [-0.4, -0.2) is 33.7 Å². The molecule has 5 nitrogen and oxygen atoms in total. The normalized spacial score (nSPS) is 24.1. The average molecular weight is 490 g/mol. The number of benzene rings is 2. The zero-order valence-electron chi connectivity index (χ0n) is 19.2. The van der Waals surface area contributed by atoms with E-state index in [9.17, 15) is 19.5 Å². The van der Waals surface area contributed by atoms with Crippen molar-refractivity contribution in [1.29, 1.82) is 0 Å². The van der Waals surface area contributed by atoms with Crippen molar-refractivity contribution in [3.05, 3.63) is 69.7 Å². The molecule has 0 spiro atoms.